The first-order chi connectivity index (χ1) is 17.1. The van der Waals surface area contributed by atoms with Crippen LogP contribution in [0.25, 0.3) is 21.6 Å². The van der Waals surface area contributed by atoms with Gasteiger partial charge in [0.15, 0.2) is 0 Å². The summed E-state index contributed by atoms with van der Waals surface area (Å²) in [7, 11) is 1.63. The average Bonchev–Trinajstić information content (AvgIpc) is 3.51. The molecule has 35 heavy (non-hydrogen) atoms. The molecule has 0 amide bonds. The van der Waals surface area contributed by atoms with E-state index in [-0.39, 0.29) is 18.2 Å². The quantitative estimate of drug-likeness (QED) is 0.288. The van der Waals surface area contributed by atoms with Gasteiger partial charge in [-0.15, -0.1) is 0 Å². The van der Waals surface area contributed by atoms with Crippen molar-refractivity contribution in [2.45, 2.75) is 19.9 Å². The lowest BCUT2D eigenvalue weighted by molar-refractivity contribution is 0.146. The van der Waals surface area contributed by atoms with Gasteiger partial charge >= 0.3 is 0 Å². The molecule has 178 valence electrons. The molecule has 0 bridgehead atoms. The van der Waals surface area contributed by atoms with Crippen LogP contribution in [0.5, 0.6) is 11.5 Å². The molecule has 0 fully saturated rings. The van der Waals surface area contributed by atoms with Crippen molar-refractivity contribution in [3.05, 3.63) is 76.7 Å². The van der Waals surface area contributed by atoms with Crippen LogP contribution >= 0.6 is 0 Å². The third-order valence-corrected chi connectivity index (χ3v) is 6.00. The van der Waals surface area contributed by atoms with E-state index in [9.17, 15) is 4.39 Å². The van der Waals surface area contributed by atoms with E-state index in [2.05, 4.69) is 20.1 Å². The van der Waals surface area contributed by atoms with Crippen molar-refractivity contribution < 1.29 is 18.6 Å². The highest BCUT2D eigenvalue weighted by Crippen LogP contribution is 2.33. The smallest absolute Gasteiger partial charge is 0.288 e. The lowest BCUT2D eigenvalue weighted by Crippen LogP contribution is -2.10. The minimum absolute atomic E-state index is 0.234. The second kappa shape index (κ2) is 9.60. The summed E-state index contributed by atoms with van der Waals surface area (Å²) in [5, 5.41) is 3.22. The Kier molecular flexibility index (Phi) is 6.21. The molecular weight excluding hydrogens is 449 g/mol. The van der Waals surface area contributed by atoms with Crippen LogP contribution in [0, 0.1) is 19.3 Å². The van der Waals surface area contributed by atoms with Gasteiger partial charge in [0.1, 0.15) is 23.9 Å². The molecule has 1 N–H and O–H groups in total. The number of anilines is 1. The van der Waals surface area contributed by atoms with Gasteiger partial charge in [-0.3, -0.25) is 4.40 Å². The molecule has 0 radical (unpaired) electrons. The Morgan fingerprint density at radius 3 is 2.91 bits per heavy atom. The largest absolute Gasteiger partial charge is 0.493 e. The summed E-state index contributed by atoms with van der Waals surface area (Å²) in [6, 6.07) is 8.89. The van der Waals surface area contributed by atoms with Gasteiger partial charge in [-0.2, -0.15) is 0 Å². The van der Waals surface area contributed by atoms with Gasteiger partial charge in [-0.1, -0.05) is 17.6 Å². The van der Waals surface area contributed by atoms with E-state index in [1.165, 1.54) is 6.07 Å². The number of ether oxygens (including phenoxy) is 3. The van der Waals surface area contributed by atoms with E-state index in [1.54, 1.807) is 30.0 Å². The minimum atomic E-state index is -0.287. The van der Waals surface area contributed by atoms with Gasteiger partial charge in [-0.05, 0) is 42.3 Å². The number of rotatable bonds is 8. The van der Waals surface area contributed by atoms with Gasteiger partial charge in [0.2, 0.25) is 11.6 Å². The van der Waals surface area contributed by atoms with Gasteiger partial charge in [0, 0.05) is 43.6 Å². The Hall–Kier alpha value is -4.16. The van der Waals surface area contributed by atoms with Crippen LogP contribution < -0.4 is 14.8 Å². The fraction of sp³-hybridized carbons (Fsp3) is 0.269. The second-order valence-electron chi connectivity index (χ2n) is 8.17. The zero-order valence-electron chi connectivity index (χ0n) is 19.5. The van der Waals surface area contributed by atoms with Crippen molar-refractivity contribution >= 4 is 17.4 Å². The van der Waals surface area contributed by atoms with Crippen molar-refractivity contribution in [2.75, 3.05) is 32.2 Å². The predicted molar refractivity (Wildman–Crippen MR) is 130 cm³/mol. The van der Waals surface area contributed by atoms with Crippen LogP contribution in [-0.2, 0) is 17.7 Å². The summed E-state index contributed by atoms with van der Waals surface area (Å²) >= 11 is 0. The highest BCUT2D eigenvalue weighted by Gasteiger charge is 2.21. The molecule has 0 saturated heterocycles. The Morgan fingerprint density at radius 2 is 2.11 bits per heavy atom. The number of hydrogen-bond donors (Lipinski definition) is 1. The molecule has 0 unspecified atom stereocenters. The SMILES string of the molecule is [C-]#[N+]c1cn2c(NCc3c(F)ccc4c3CCO4)ncc(-c3ccc(OCCOC)cc3C)c2n1. The number of hydrogen-bond acceptors (Lipinski definition) is 6. The van der Waals surface area contributed by atoms with Crippen molar-refractivity contribution in [1.29, 1.82) is 0 Å². The zero-order valence-corrected chi connectivity index (χ0v) is 19.5. The van der Waals surface area contributed by atoms with Crippen LogP contribution in [0.3, 0.4) is 0 Å². The minimum Gasteiger partial charge on any atom is -0.493 e. The molecule has 0 atom stereocenters. The maximum atomic E-state index is 14.6. The normalized spacial score (nSPS) is 12.3. The van der Waals surface area contributed by atoms with Gasteiger partial charge < -0.3 is 24.4 Å². The summed E-state index contributed by atoms with van der Waals surface area (Å²) in [5.41, 5.74) is 4.72. The summed E-state index contributed by atoms with van der Waals surface area (Å²) < 4.78 is 32.6. The van der Waals surface area contributed by atoms with Crippen LogP contribution in [0.1, 0.15) is 16.7 Å². The molecule has 5 rings (SSSR count). The third-order valence-electron chi connectivity index (χ3n) is 6.00. The average molecular weight is 474 g/mol. The van der Waals surface area contributed by atoms with E-state index in [4.69, 9.17) is 20.8 Å². The monoisotopic (exact) mass is 473 g/mol. The fourth-order valence-corrected chi connectivity index (χ4v) is 4.28. The Labute approximate surface area is 202 Å². The number of methoxy groups -OCH3 is 1. The molecular formula is C26H24FN5O3. The molecule has 1 aliphatic heterocycles. The maximum absolute atomic E-state index is 14.6. The van der Waals surface area contributed by atoms with Crippen LogP contribution in [0.15, 0.2) is 42.7 Å². The Bertz CT molecular complexity index is 1440. The van der Waals surface area contributed by atoms with Gasteiger partial charge in [0.05, 0.1) is 18.8 Å². The van der Waals surface area contributed by atoms with E-state index in [0.29, 0.717) is 43.4 Å². The summed E-state index contributed by atoms with van der Waals surface area (Å²) in [4.78, 5) is 12.6. The number of benzene rings is 2. The number of halogens is 1. The van der Waals surface area contributed by atoms with E-state index < -0.39 is 0 Å². The number of aromatic nitrogens is 3. The molecule has 8 nitrogen and oxygen atoms in total. The lowest BCUT2D eigenvalue weighted by Gasteiger charge is -2.13. The molecule has 3 heterocycles. The first-order valence-corrected chi connectivity index (χ1v) is 11.2. The Morgan fingerprint density at radius 1 is 1.23 bits per heavy atom. The number of fused-ring (bicyclic) bond motifs is 2. The molecule has 9 heteroatoms. The topological polar surface area (TPSA) is 74.3 Å². The van der Waals surface area contributed by atoms with Crippen molar-refractivity contribution in [1.82, 2.24) is 14.4 Å². The third kappa shape index (κ3) is 4.36. The number of imidazole rings is 1. The summed E-state index contributed by atoms with van der Waals surface area (Å²) in [6.45, 7) is 11.2. The van der Waals surface area contributed by atoms with E-state index >= 15 is 0 Å². The second-order valence-corrected chi connectivity index (χ2v) is 8.17. The van der Waals surface area contributed by atoms with Crippen molar-refractivity contribution in [3.8, 4) is 22.6 Å². The number of nitrogens with one attached hydrogen (secondary N) is 1. The van der Waals surface area contributed by atoms with Gasteiger partial charge in [0.25, 0.3) is 5.82 Å². The molecule has 2 aromatic heterocycles. The molecule has 2 aromatic carbocycles. The first-order valence-electron chi connectivity index (χ1n) is 11.2. The molecule has 4 aromatic rings. The Balaban J connectivity index is 1.48. The highest BCUT2D eigenvalue weighted by molar-refractivity contribution is 5.81. The van der Waals surface area contributed by atoms with Crippen molar-refractivity contribution in [2.24, 2.45) is 0 Å². The van der Waals surface area contributed by atoms with Crippen LogP contribution in [-0.4, -0.2) is 41.3 Å². The standard InChI is InChI=1S/C26H24FN5O3/c1-16-12-17(34-11-10-33-3)4-5-18(16)21-14-30-26(32-15-24(28-2)31-25(21)32)29-13-20-19-8-9-35-23(19)7-6-22(20)27/h4-7,12,14-15H,8-11,13H2,1,3H3,(H,29,30). The highest BCUT2D eigenvalue weighted by atomic mass is 19.1. The van der Waals surface area contributed by atoms with Crippen LogP contribution in [0.2, 0.25) is 0 Å². The number of nitrogens with zero attached hydrogens (tertiary/aromatic N) is 4. The summed E-state index contributed by atoms with van der Waals surface area (Å²) in [6.07, 6.45) is 4.03. The fourth-order valence-electron chi connectivity index (χ4n) is 4.28. The predicted octanol–water partition coefficient (Wildman–Crippen LogP) is 4.97. The van der Waals surface area contributed by atoms with E-state index in [0.717, 1.165) is 33.8 Å². The van der Waals surface area contributed by atoms with E-state index in [1.807, 2.05) is 25.1 Å². The first kappa shape index (κ1) is 22.6. The molecule has 0 aliphatic carbocycles. The molecule has 0 spiro atoms. The molecule has 1 aliphatic rings. The van der Waals surface area contributed by atoms with Gasteiger partial charge in [-0.25, -0.2) is 9.37 Å². The molecule has 0 saturated carbocycles. The lowest BCUT2D eigenvalue weighted by atomic mass is 10.0. The van der Waals surface area contributed by atoms with Crippen molar-refractivity contribution in [3.63, 3.8) is 0 Å². The summed E-state index contributed by atoms with van der Waals surface area (Å²) in [5.74, 6) is 1.90. The van der Waals surface area contributed by atoms with Crippen LogP contribution in [0.4, 0.5) is 16.2 Å². The zero-order chi connectivity index (χ0) is 24.4. The number of aryl methyl sites for hydroxylation is 1. The maximum Gasteiger partial charge on any atom is 0.288 e.